The predicted octanol–water partition coefficient (Wildman–Crippen LogP) is 5.29. The minimum atomic E-state index is -0.836. The van der Waals surface area contributed by atoms with E-state index in [-0.39, 0.29) is 11.5 Å². The SMILES string of the molecule is CCOC(C(=O)c1ccc(-c2cc(OC)c(OC)c(OC)c2)o1)c1ccc(-c2nnc(C)o2)cc1. The van der Waals surface area contributed by atoms with Gasteiger partial charge in [-0.3, -0.25) is 4.79 Å². The second-order valence-electron chi connectivity index (χ2n) is 7.53. The molecule has 0 aliphatic carbocycles. The van der Waals surface area contributed by atoms with Crippen molar-refractivity contribution < 1.29 is 32.6 Å². The Hall–Kier alpha value is -4.11. The molecule has 0 amide bonds. The Balaban J connectivity index is 1.62. The van der Waals surface area contributed by atoms with E-state index >= 15 is 0 Å². The zero-order valence-electron chi connectivity index (χ0n) is 20.2. The van der Waals surface area contributed by atoms with E-state index in [1.165, 1.54) is 21.3 Å². The van der Waals surface area contributed by atoms with Crippen molar-refractivity contribution in [1.29, 1.82) is 0 Å². The number of hydrogen-bond donors (Lipinski definition) is 0. The summed E-state index contributed by atoms with van der Waals surface area (Å²) in [5, 5.41) is 7.87. The molecule has 2 heterocycles. The first-order valence-electron chi connectivity index (χ1n) is 11.0. The first-order valence-corrected chi connectivity index (χ1v) is 11.0. The van der Waals surface area contributed by atoms with Gasteiger partial charge in [0.05, 0.1) is 21.3 Å². The molecule has 1 atom stereocenters. The molecule has 0 aliphatic rings. The summed E-state index contributed by atoms with van der Waals surface area (Å²) in [5.74, 6) is 2.67. The van der Waals surface area contributed by atoms with Gasteiger partial charge in [0.1, 0.15) is 11.9 Å². The second-order valence-corrected chi connectivity index (χ2v) is 7.53. The highest BCUT2D eigenvalue weighted by atomic mass is 16.5. The molecule has 4 aromatic rings. The first kappa shape index (κ1) is 24.0. The average Bonchev–Trinajstić information content (AvgIpc) is 3.56. The summed E-state index contributed by atoms with van der Waals surface area (Å²) in [6, 6.07) is 14.1. The van der Waals surface area contributed by atoms with Gasteiger partial charge in [0, 0.05) is 24.7 Å². The van der Waals surface area contributed by atoms with Crippen LogP contribution in [0.15, 0.2) is 57.4 Å². The van der Waals surface area contributed by atoms with Crippen molar-refractivity contribution in [3.05, 3.63) is 65.7 Å². The predicted molar refractivity (Wildman–Crippen MR) is 127 cm³/mol. The van der Waals surface area contributed by atoms with E-state index in [4.69, 9.17) is 27.8 Å². The van der Waals surface area contributed by atoms with Gasteiger partial charge in [0.2, 0.25) is 23.3 Å². The third-order valence-electron chi connectivity index (χ3n) is 5.36. The van der Waals surface area contributed by atoms with E-state index in [1.807, 2.05) is 19.1 Å². The van der Waals surface area contributed by atoms with Crippen LogP contribution in [0.5, 0.6) is 17.2 Å². The van der Waals surface area contributed by atoms with Gasteiger partial charge in [-0.15, -0.1) is 10.2 Å². The van der Waals surface area contributed by atoms with Crippen LogP contribution >= 0.6 is 0 Å². The molecule has 0 aliphatic heterocycles. The zero-order valence-corrected chi connectivity index (χ0v) is 20.2. The molecule has 0 saturated carbocycles. The van der Waals surface area contributed by atoms with Crippen LogP contribution in [-0.2, 0) is 4.74 Å². The number of furan rings is 1. The highest BCUT2D eigenvalue weighted by Crippen LogP contribution is 2.41. The minimum Gasteiger partial charge on any atom is -0.493 e. The topological polar surface area (TPSA) is 106 Å². The van der Waals surface area contributed by atoms with Crippen molar-refractivity contribution in [2.75, 3.05) is 27.9 Å². The summed E-state index contributed by atoms with van der Waals surface area (Å²) >= 11 is 0. The normalized spacial score (nSPS) is 11.8. The number of benzene rings is 2. The summed E-state index contributed by atoms with van der Waals surface area (Å²) in [6.45, 7) is 3.91. The number of carbonyl (C=O) groups is 1. The number of aryl methyl sites for hydroxylation is 1. The third kappa shape index (κ3) is 4.90. The van der Waals surface area contributed by atoms with Crippen molar-refractivity contribution in [3.63, 3.8) is 0 Å². The van der Waals surface area contributed by atoms with Gasteiger partial charge in [-0.25, -0.2) is 0 Å². The minimum absolute atomic E-state index is 0.170. The lowest BCUT2D eigenvalue weighted by atomic mass is 10.0. The van der Waals surface area contributed by atoms with Crippen LogP contribution < -0.4 is 14.2 Å². The molecule has 2 aromatic heterocycles. The molecule has 9 heteroatoms. The van der Waals surface area contributed by atoms with Gasteiger partial charge < -0.3 is 27.8 Å². The molecule has 182 valence electrons. The summed E-state index contributed by atoms with van der Waals surface area (Å²) in [5.41, 5.74) is 2.10. The number of ether oxygens (including phenoxy) is 4. The van der Waals surface area contributed by atoms with Crippen molar-refractivity contribution in [2.45, 2.75) is 20.0 Å². The van der Waals surface area contributed by atoms with Crippen LogP contribution in [0, 0.1) is 6.92 Å². The summed E-state index contributed by atoms with van der Waals surface area (Å²) in [4.78, 5) is 13.4. The maximum Gasteiger partial charge on any atom is 0.247 e. The van der Waals surface area contributed by atoms with Gasteiger partial charge in [-0.1, -0.05) is 12.1 Å². The van der Waals surface area contributed by atoms with E-state index in [2.05, 4.69) is 10.2 Å². The maximum absolute atomic E-state index is 13.4. The van der Waals surface area contributed by atoms with Crippen LogP contribution in [0.25, 0.3) is 22.8 Å². The quantitative estimate of drug-likeness (QED) is 0.281. The van der Waals surface area contributed by atoms with Crippen LogP contribution in [0.2, 0.25) is 0 Å². The lowest BCUT2D eigenvalue weighted by molar-refractivity contribution is 0.0429. The monoisotopic (exact) mass is 478 g/mol. The second kappa shape index (κ2) is 10.4. The van der Waals surface area contributed by atoms with Gasteiger partial charge in [0.15, 0.2) is 17.3 Å². The number of methoxy groups -OCH3 is 3. The number of hydrogen-bond acceptors (Lipinski definition) is 9. The van der Waals surface area contributed by atoms with Crippen LogP contribution in [0.3, 0.4) is 0 Å². The van der Waals surface area contributed by atoms with Crippen LogP contribution in [0.1, 0.15) is 35.0 Å². The van der Waals surface area contributed by atoms with E-state index < -0.39 is 6.10 Å². The van der Waals surface area contributed by atoms with Crippen molar-refractivity contribution in [2.24, 2.45) is 0 Å². The highest BCUT2D eigenvalue weighted by Gasteiger charge is 2.26. The van der Waals surface area contributed by atoms with Crippen LogP contribution in [-0.4, -0.2) is 43.9 Å². The van der Waals surface area contributed by atoms with Gasteiger partial charge in [0.25, 0.3) is 0 Å². The Morgan fingerprint density at radius 3 is 2.11 bits per heavy atom. The molecule has 0 fully saturated rings. The number of Topliss-reactive ketones (excluding diaryl/α,β-unsaturated/α-hetero) is 1. The van der Waals surface area contributed by atoms with Crippen molar-refractivity contribution in [1.82, 2.24) is 10.2 Å². The number of rotatable bonds is 10. The standard InChI is InChI=1S/C26H26N2O7/c1-6-33-24(16-7-9-17(10-8-16)26-28-27-15(2)34-26)23(29)20-12-11-19(35-20)18-13-21(30-3)25(32-5)22(14-18)31-4/h7-14,24H,6H2,1-5H3. The van der Waals surface area contributed by atoms with E-state index in [0.717, 1.165) is 5.56 Å². The number of aromatic nitrogens is 2. The maximum atomic E-state index is 13.4. The Morgan fingerprint density at radius 2 is 1.57 bits per heavy atom. The van der Waals surface area contributed by atoms with Gasteiger partial charge in [-0.2, -0.15) is 0 Å². The zero-order chi connectivity index (χ0) is 24.9. The summed E-state index contributed by atoms with van der Waals surface area (Å²) in [6.07, 6.45) is -0.836. The van der Waals surface area contributed by atoms with E-state index in [1.54, 1.807) is 43.3 Å². The Bertz CT molecular complexity index is 1280. The van der Waals surface area contributed by atoms with E-state index in [0.29, 0.717) is 52.5 Å². The fraction of sp³-hybridized carbons (Fsp3) is 0.269. The first-order chi connectivity index (χ1) is 17.0. The smallest absolute Gasteiger partial charge is 0.247 e. The molecule has 0 spiro atoms. The van der Waals surface area contributed by atoms with Gasteiger partial charge >= 0.3 is 0 Å². The largest absolute Gasteiger partial charge is 0.493 e. The number of nitrogens with zero attached hydrogens (tertiary/aromatic N) is 2. The molecule has 0 radical (unpaired) electrons. The summed E-state index contributed by atoms with van der Waals surface area (Å²) in [7, 11) is 4.61. The van der Waals surface area contributed by atoms with Gasteiger partial charge in [-0.05, 0) is 48.9 Å². The fourth-order valence-corrected chi connectivity index (χ4v) is 3.68. The Morgan fingerprint density at radius 1 is 0.886 bits per heavy atom. The molecule has 1 unspecified atom stereocenters. The molecular formula is C26H26N2O7. The molecule has 35 heavy (non-hydrogen) atoms. The lowest BCUT2D eigenvalue weighted by Gasteiger charge is -2.15. The molecule has 4 rings (SSSR count). The molecular weight excluding hydrogens is 452 g/mol. The molecule has 2 aromatic carbocycles. The number of carbonyl (C=O) groups excluding carboxylic acids is 1. The average molecular weight is 479 g/mol. The summed E-state index contributed by atoms with van der Waals surface area (Å²) < 4.78 is 33.4. The number of ketones is 1. The van der Waals surface area contributed by atoms with Crippen molar-refractivity contribution in [3.8, 4) is 40.0 Å². The Kier molecular flexibility index (Phi) is 7.17. The van der Waals surface area contributed by atoms with Crippen LogP contribution in [0.4, 0.5) is 0 Å². The lowest BCUT2D eigenvalue weighted by Crippen LogP contribution is -2.16. The molecule has 0 bridgehead atoms. The third-order valence-corrected chi connectivity index (χ3v) is 5.36. The molecule has 9 nitrogen and oxygen atoms in total. The van der Waals surface area contributed by atoms with Crippen molar-refractivity contribution >= 4 is 5.78 Å². The van der Waals surface area contributed by atoms with E-state index in [9.17, 15) is 4.79 Å². The Labute approximate surface area is 202 Å². The highest BCUT2D eigenvalue weighted by molar-refractivity contribution is 5.98. The molecule has 0 saturated heterocycles. The fourth-order valence-electron chi connectivity index (χ4n) is 3.68. The molecule has 0 N–H and O–H groups in total.